The summed E-state index contributed by atoms with van der Waals surface area (Å²) in [6.45, 7) is 0. The van der Waals surface area contributed by atoms with Gasteiger partial charge in [0.1, 0.15) is 0 Å². The van der Waals surface area contributed by atoms with Crippen LogP contribution in [0.1, 0.15) is 11.1 Å². The first-order chi connectivity index (χ1) is 28.8. The Morgan fingerprint density at radius 2 is 0.845 bits per heavy atom. The maximum absolute atomic E-state index is 2.59. The van der Waals surface area contributed by atoms with Gasteiger partial charge in [-0.3, -0.25) is 0 Å². The molecule has 0 unspecified atom stereocenters. The molecule has 2 nitrogen and oxygen atoms in total. The van der Waals surface area contributed by atoms with Gasteiger partial charge in [-0.1, -0.05) is 152 Å². The summed E-state index contributed by atoms with van der Waals surface area (Å²) in [5.41, 5.74) is 18.5. The lowest BCUT2D eigenvalue weighted by Gasteiger charge is -2.28. The second-order valence-corrected chi connectivity index (χ2v) is 20.0. The van der Waals surface area contributed by atoms with E-state index in [1.807, 2.05) is 0 Å². The van der Waals surface area contributed by atoms with Crippen LogP contribution >= 0.6 is 0 Å². The van der Waals surface area contributed by atoms with Crippen LogP contribution < -0.4 is 20.7 Å². The predicted molar refractivity (Wildman–Crippen MR) is 245 cm³/mol. The Labute approximate surface area is 336 Å². The number of benzene rings is 9. The molecule has 4 heterocycles. The lowest BCUT2D eigenvalue weighted by atomic mass is 10.0. The van der Waals surface area contributed by atoms with E-state index in [0.717, 1.165) is 6.42 Å². The Hall–Kier alpha value is -7.20. The zero-order valence-electron chi connectivity index (χ0n) is 31.6. The molecule has 9 aromatic carbocycles. The van der Waals surface area contributed by atoms with Crippen molar-refractivity contribution >= 4 is 72.4 Å². The van der Waals surface area contributed by atoms with E-state index in [2.05, 4.69) is 203 Å². The third-order valence-electron chi connectivity index (χ3n) is 13.8. The lowest BCUT2D eigenvalue weighted by molar-refractivity contribution is 1.12. The first-order valence-corrected chi connectivity index (χ1v) is 22.4. The van der Waals surface area contributed by atoms with Gasteiger partial charge in [-0.25, -0.2) is 0 Å². The minimum Gasteiger partial charge on any atom is -0.309 e. The second-order valence-electron chi connectivity index (χ2n) is 16.3. The third kappa shape index (κ3) is 3.65. The molecule has 58 heavy (non-hydrogen) atoms. The van der Waals surface area contributed by atoms with Crippen molar-refractivity contribution < 1.29 is 0 Å². The van der Waals surface area contributed by atoms with Crippen LogP contribution in [-0.4, -0.2) is 17.2 Å². The largest absolute Gasteiger partial charge is 0.309 e. The Kier molecular flexibility index (Phi) is 5.87. The van der Waals surface area contributed by atoms with Crippen LogP contribution in [-0.2, 0) is 6.42 Å². The van der Waals surface area contributed by atoms with Crippen LogP contribution in [0, 0.1) is 0 Å². The monoisotopic (exact) mass is 750 g/mol. The van der Waals surface area contributed by atoms with Crippen LogP contribution in [0.5, 0.6) is 0 Å². The van der Waals surface area contributed by atoms with E-state index in [9.17, 15) is 0 Å². The first-order valence-electron chi connectivity index (χ1n) is 20.4. The average molecular weight is 751 g/mol. The van der Waals surface area contributed by atoms with E-state index >= 15 is 0 Å². The molecule has 0 fully saturated rings. The molecule has 2 aromatic heterocycles. The Morgan fingerprint density at radius 1 is 0.345 bits per heavy atom. The number of rotatable bonds is 2. The summed E-state index contributed by atoms with van der Waals surface area (Å²) in [4.78, 5) is 0. The second kappa shape index (κ2) is 11.0. The van der Waals surface area contributed by atoms with Crippen molar-refractivity contribution in [3.8, 4) is 44.8 Å². The van der Waals surface area contributed by atoms with Gasteiger partial charge in [-0.15, -0.1) is 0 Å². The molecule has 0 radical (unpaired) electrons. The van der Waals surface area contributed by atoms with Gasteiger partial charge in [0.2, 0.25) is 0 Å². The summed E-state index contributed by atoms with van der Waals surface area (Å²) in [7, 11) is -2.59. The van der Waals surface area contributed by atoms with Gasteiger partial charge < -0.3 is 9.13 Å². The smallest absolute Gasteiger partial charge is 0.182 e. The van der Waals surface area contributed by atoms with Crippen LogP contribution in [0.25, 0.3) is 88.4 Å². The fraction of sp³-hybridized carbons (Fsp3) is 0.0182. The fourth-order valence-electron chi connectivity index (χ4n) is 11.6. The van der Waals surface area contributed by atoms with Crippen LogP contribution in [0.3, 0.4) is 0 Å². The molecule has 3 heteroatoms. The topological polar surface area (TPSA) is 9.86 Å². The minimum absolute atomic E-state index is 0.944. The molecule has 11 aromatic rings. The molecule has 14 rings (SSSR count). The van der Waals surface area contributed by atoms with Gasteiger partial charge in [0.05, 0.1) is 27.8 Å². The van der Waals surface area contributed by atoms with Gasteiger partial charge in [0, 0.05) is 33.7 Å². The quantitative estimate of drug-likeness (QED) is 0.156. The van der Waals surface area contributed by atoms with E-state index in [1.165, 1.54) is 120 Å². The number of fused-ring (bicyclic) bond motifs is 20. The highest BCUT2D eigenvalue weighted by Gasteiger charge is 2.53. The van der Waals surface area contributed by atoms with Crippen molar-refractivity contribution in [2.24, 2.45) is 0 Å². The van der Waals surface area contributed by atoms with Crippen molar-refractivity contribution in [3.05, 3.63) is 205 Å². The molecule has 1 spiro atoms. The number of hydrogen-bond acceptors (Lipinski definition) is 0. The molecule has 1 aliphatic carbocycles. The molecule has 0 N–H and O–H groups in total. The number of hydrogen-bond donors (Lipinski definition) is 0. The molecule has 3 aliphatic rings. The molecule has 268 valence electrons. The lowest BCUT2D eigenvalue weighted by Crippen LogP contribution is -2.70. The van der Waals surface area contributed by atoms with Gasteiger partial charge in [0.15, 0.2) is 8.07 Å². The van der Waals surface area contributed by atoms with E-state index in [4.69, 9.17) is 0 Å². The summed E-state index contributed by atoms with van der Waals surface area (Å²) < 4.78 is 5.09. The van der Waals surface area contributed by atoms with Crippen molar-refractivity contribution in [1.82, 2.24) is 9.13 Å². The van der Waals surface area contributed by atoms with Gasteiger partial charge in [-0.2, -0.15) is 0 Å². The van der Waals surface area contributed by atoms with Crippen LogP contribution in [0.2, 0.25) is 0 Å². The summed E-state index contributed by atoms with van der Waals surface area (Å²) in [6.07, 6.45) is 0.944. The van der Waals surface area contributed by atoms with Crippen molar-refractivity contribution in [1.29, 1.82) is 0 Å². The van der Waals surface area contributed by atoms with Crippen LogP contribution in [0.4, 0.5) is 0 Å². The zero-order chi connectivity index (χ0) is 37.7. The Balaban J connectivity index is 1.06. The van der Waals surface area contributed by atoms with E-state index in [-0.39, 0.29) is 0 Å². The van der Waals surface area contributed by atoms with E-state index in [0.29, 0.717) is 0 Å². The Morgan fingerprint density at radius 3 is 1.50 bits per heavy atom. The summed E-state index contributed by atoms with van der Waals surface area (Å²) in [6, 6.07) is 73.7. The maximum atomic E-state index is 2.57. The summed E-state index contributed by atoms with van der Waals surface area (Å²) in [5, 5.41) is 11.2. The maximum Gasteiger partial charge on any atom is 0.182 e. The first kappa shape index (κ1) is 30.9. The highest BCUT2D eigenvalue weighted by molar-refractivity contribution is 7.24. The molecule has 0 saturated carbocycles. The third-order valence-corrected chi connectivity index (χ3v) is 18.7. The molecule has 2 aliphatic heterocycles. The number of para-hydroxylation sites is 2. The van der Waals surface area contributed by atoms with Crippen molar-refractivity contribution in [2.45, 2.75) is 6.42 Å². The molecule has 0 saturated heterocycles. The Bertz CT molecular complexity index is 3550. The molecule has 0 amide bonds. The number of nitrogens with zero attached hydrogens (tertiary/aromatic N) is 2. The van der Waals surface area contributed by atoms with Crippen molar-refractivity contribution in [2.75, 3.05) is 0 Å². The SMILES string of the molecule is c1ccc2c(c1)Cc1c-2cccc1-n1c2ccccc2c2c3c4ccccc4n(-c4ccc5c(c4)[Si]4(c6ccccc6-c6ccccc64)c4ccccc4-5)c3ccc21. The zero-order valence-corrected chi connectivity index (χ0v) is 32.6. The van der Waals surface area contributed by atoms with E-state index in [1.54, 1.807) is 0 Å². The molecular formula is C55H34N2Si. The van der Waals surface area contributed by atoms with Gasteiger partial charge >= 0.3 is 0 Å². The highest BCUT2D eigenvalue weighted by Crippen LogP contribution is 2.46. The fourth-order valence-corrected chi connectivity index (χ4v) is 17.3. The van der Waals surface area contributed by atoms with E-state index < -0.39 is 8.07 Å². The normalized spacial score (nSPS) is 13.9. The minimum atomic E-state index is -2.59. The average Bonchev–Trinajstić information content (AvgIpc) is 4.07. The standard InChI is InChI=1S/C55H34N2Si/c1-2-15-36-34(14-1)32-44-37(36)21-13-24-47(44)57-46-23-9-4-20-43(46)55-49(57)31-30-48-54(55)42-19-3-8-22-45(42)56(48)35-28-29-41-40-18-7-12-27-52(40)58(53(41)33-35)50-25-10-5-16-38(50)39-17-6-11-26-51(39)58/h1-31,33H,32H2. The predicted octanol–water partition coefficient (Wildman–Crippen LogP) is 10.8. The summed E-state index contributed by atoms with van der Waals surface area (Å²) >= 11 is 0. The van der Waals surface area contributed by atoms with Gasteiger partial charge in [0.25, 0.3) is 0 Å². The summed E-state index contributed by atoms with van der Waals surface area (Å²) in [5.74, 6) is 0. The van der Waals surface area contributed by atoms with Crippen molar-refractivity contribution in [3.63, 3.8) is 0 Å². The van der Waals surface area contributed by atoms with Crippen LogP contribution in [0.15, 0.2) is 194 Å². The number of aromatic nitrogens is 2. The van der Waals surface area contributed by atoms with Gasteiger partial charge in [-0.05, 0) is 108 Å². The molecule has 0 bridgehead atoms. The molecular weight excluding hydrogens is 717 g/mol. The highest BCUT2D eigenvalue weighted by atomic mass is 28.3. The molecule has 0 atom stereocenters.